The number of aromatic nitrogens is 1. The molecule has 1 saturated heterocycles. The van der Waals surface area contributed by atoms with E-state index in [0.29, 0.717) is 34.4 Å². The van der Waals surface area contributed by atoms with Gasteiger partial charge in [-0.3, -0.25) is 15.0 Å². The van der Waals surface area contributed by atoms with Crippen LogP contribution in [-0.2, 0) is 14.3 Å². The van der Waals surface area contributed by atoms with Crippen LogP contribution in [0.25, 0.3) is 22.2 Å². The second-order valence-electron chi connectivity index (χ2n) is 8.76. The van der Waals surface area contributed by atoms with Crippen molar-refractivity contribution < 1.29 is 23.9 Å². The normalized spacial score (nSPS) is 16.9. The second kappa shape index (κ2) is 9.17. The number of nitrogens with zero attached hydrogens (tertiary/aromatic N) is 2. The van der Waals surface area contributed by atoms with E-state index in [9.17, 15) is 19.2 Å². The van der Waals surface area contributed by atoms with Crippen LogP contribution >= 0.6 is 0 Å². The number of hydrogen-bond acceptors (Lipinski definition) is 6. The SMILES string of the molecule is O=C(COC(=O)c1cc(-c2ccccc2)nc2ccccc12)NN1C(=O)NC2(CCCCC2)C1=O. The molecule has 0 unspecified atom stereocenters. The van der Waals surface area contributed by atoms with Crippen molar-refractivity contribution in [1.29, 1.82) is 0 Å². The van der Waals surface area contributed by atoms with Gasteiger partial charge in [0.2, 0.25) is 0 Å². The summed E-state index contributed by atoms with van der Waals surface area (Å²) in [7, 11) is 0. The van der Waals surface area contributed by atoms with Crippen LogP contribution in [0.3, 0.4) is 0 Å². The summed E-state index contributed by atoms with van der Waals surface area (Å²) in [6, 6.07) is 17.5. The van der Waals surface area contributed by atoms with Gasteiger partial charge in [0, 0.05) is 10.9 Å². The van der Waals surface area contributed by atoms with E-state index in [1.54, 1.807) is 24.3 Å². The summed E-state index contributed by atoms with van der Waals surface area (Å²) in [6.07, 6.45) is 3.74. The number of fused-ring (bicyclic) bond motifs is 1. The van der Waals surface area contributed by atoms with E-state index in [1.165, 1.54) is 0 Å². The number of pyridine rings is 1. The molecule has 0 atom stereocenters. The number of hydrogen-bond donors (Lipinski definition) is 2. The second-order valence-corrected chi connectivity index (χ2v) is 8.76. The predicted octanol–water partition coefficient (Wildman–Crippen LogP) is 3.34. The first-order valence-electron chi connectivity index (χ1n) is 11.6. The average molecular weight is 473 g/mol. The summed E-state index contributed by atoms with van der Waals surface area (Å²) >= 11 is 0. The molecule has 1 saturated carbocycles. The van der Waals surface area contributed by atoms with E-state index in [-0.39, 0.29) is 5.56 Å². The first kappa shape index (κ1) is 22.5. The summed E-state index contributed by atoms with van der Waals surface area (Å²) in [4.78, 5) is 55.2. The van der Waals surface area contributed by atoms with Gasteiger partial charge in [-0.1, -0.05) is 67.8 Å². The van der Waals surface area contributed by atoms with E-state index in [1.807, 2.05) is 36.4 Å². The number of ether oxygens (including phenoxy) is 1. The maximum absolute atomic E-state index is 13.0. The van der Waals surface area contributed by atoms with Crippen LogP contribution < -0.4 is 10.7 Å². The average Bonchev–Trinajstić information content (AvgIpc) is 3.11. The van der Waals surface area contributed by atoms with Gasteiger partial charge in [-0.15, -0.1) is 0 Å². The summed E-state index contributed by atoms with van der Waals surface area (Å²) in [6.45, 7) is -0.653. The van der Waals surface area contributed by atoms with Crippen molar-refractivity contribution in [3.8, 4) is 11.3 Å². The van der Waals surface area contributed by atoms with Crippen molar-refractivity contribution >= 4 is 34.7 Å². The molecule has 1 aliphatic heterocycles. The summed E-state index contributed by atoms with van der Waals surface area (Å²) in [5.41, 5.74) is 3.62. The minimum Gasteiger partial charge on any atom is -0.452 e. The number of benzene rings is 2. The molecule has 2 heterocycles. The molecule has 3 aromatic rings. The number of hydrazine groups is 1. The van der Waals surface area contributed by atoms with Gasteiger partial charge in [0.25, 0.3) is 11.8 Å². The monoisotopic (exact) mass is 472 g/mol. The van der Waals surface area contributed by atoms with Gasteiger partial charge in [-0.2, -0.15) is 5.01 Å². The minimum atomic E-state index is -0.955. The molecular formula is C26H24N4O5. The molecule has 35 heavy (non-hydrogen) atoms. The lowest BCUT2D eigenvalue weighted by molar-refractivity contribution is -0.140. The molecule has 1 aromatic heterocycles. The van der Waals surface area contributed by atoms with E-state index < -0.39 is 36.0 Å². The zero-order chi connectivity index (χ0) is 24.4. The third-order valence-electron chi connectivity index (χ3n) is 6.45. The summed E-state index contributed by atoms with van der Waals surface area (Å²) in [5, 5.41) is 4.00. The van der Waals surface area contributed by atoms with Gasteiger partial charge in [-0.05, 0) is 25.0 Å². The van der Waals surface area contributed by atoms with Crippen LogP contribution in [0.2, 0.25) is 0 Å². The van der Waals surface area contributed by atoms with Crippen LogP contribution in [0.1, 0.15) is 42.5 Å². The highest BCUT2D eigenvalue weighted by Gasteiger charge is 2.52. The standard InChI is InChI=1S/C26H24N4O5/c31-22(29-30-24(33)26(28-25(30)34)13-7-2-8-14-26)16-35-23(32)19-15-21(17-9-3-1-4-10-17)27-20-12-6-5-11-18(19)20/h1,3-6,9-12,15H,2,7-8,13-14,16H2,(H,28,34)(H,29,31). The Morgan fingerprint density at radius 1 is 1.00 bits per heavy atom. The van der Waals surface area contributed by atoms with Crippen LogP contribution in [-0.4, -0.2) is 46.0 Å². The Morgan fingerprint density at radius 3 is 2.49 bits per heavy atom. The molecule has 2 N–H and O–H groups in total. The third-order valence-corrected chi connectivity index (χ3v) is 6.45. The van der Waals surface area contributed by atoms with Crippen LogP contribution in [0.15, 0.2) is 60.7 Å². The van der Waals surface area contributed by atoms with Crippen molar-refractivity contribution in [3.05, 3.63) is 66.2 Å². The van der Waals surface area contributed by atoms with Gasteiger partial charge in [-0.25, -0.2) is 14.6 Å². The lowest BCUT2D eigenvalue weighted by Crippen LogP contribution is -2.51. The number of nitrogens with one attached hydrogen (secondary N) is 2. The number of rotatable bonds is 5. The van der Waals surface area contributed by atoms with Crippen molar-refractivity contribution in [3.63, 3.8) is 0 Å². The lowest BCUT2D eigenvalue weighted by atomic mass is 9.82. The fraction of sp³-hybridized carbons (Fsp3) is 0.269. The third kappa shape index (κ3) is 4.32. The smallest absolute Gasteiger partial charge is 0.344 e. The van der Waals surface area contributed by atoms with Crippen molar-refractivity contribution in [2.24, 2.45) is 0 Å². The van der Waals surface area contributed by atoms with E-state index in [2.05, 4.69) is 15.7 Å². The molecule has 0 radical (unpaired) electrons. The van der Waals surface area contributed by atoms with E-state index in [4.69, 9.17) is 4.74 Å². The predicted molar refractivity (Wildman–Crippen MR) is 127 cm³/mol. The Balaban J connectivity index is 1.30. The zero-order valence-corrected chi connectivity index (χ0v) is 19.0. The molecule has 1 spiro atoms. The molecule has 5 rings (SSSR count). The first-order valence-corrected chi connectivity index (χ1v) is 11.6. The maximum atomic E-state index is 13.0. The highest BCUT2D eigenvalue weighted by molar-refractivity contribution is 6.08. The largest absolute Gasteiger partial charge is 0.452 e. The summed E-state index contributed by atoms with van der Waals surface area (Å²) in [5.74, 6) is -1.97. The first-order chi connectivity index (χ1) is 17.0. The van der Waals surface area contributed by atoms with E-state index in [0.717, 1.165) is 24.8 Å². The van der Waals surface area contributed by atoms with Gasteiger partial charge < -0.3 is 10.1 Å². The maximum Gasteiger partial charge on any atom is 0.344 e. The molecule has 9 nitrogen and oxygen atoms in total. The van der Waals surface area contributed by atoms with Crippen LogP contribution in [0.5, 0.6) is 0 Å². The van der Waals surface area contributed by atoms with Crippen molar-refractivity contribution in [2.45, 2.75) is 37.6 Å². The number of para-hydroxylation sites is 1. The zero-order valence-electron chi connectivity index (χ0n) is 19.0. The lowest BCUT2D eigenvalue weighted by Gasteiger charge is -2.30. The van der Waals surface area contributed by atoms with E-state index >= 15 is 0 Å². The minimum absolute atomic E-state index is 0.262. The number of esters is 1. The number of amides is 4. The highest BCUT2D eigenvalue weighted by atomic mass is 16.5. The molecule has 1 aliphatic carbocycles. The molecule has 0 bridgehead atoms. The van der Waals surface area contributed by atoms with Crippen molar-refractivity contribution in [2.75, 3.05) is 6.61 Å². The Morgan fingerprint density at radius 2 is 1.71 bits per heavy atom. The highest BCUT2D eigenvalue weighted by Crippen LogP contribution is 2.33. The van der Waals surface area contributed by atoms with Gasteiger partial charge in [0.05, 0.1) is 16.8 Å². The number of urea groups is 1. The van der Waals surface area contributed by atoms with Crippen LogP contribution in [0.4, 0.5) is 4.79 Å². The summed E-state index contributed by atoms with van der Waals surface area (Å²) < 4.78 is 5.26. The van der Waals surface area contributed by atoms with Gasteiger partial charge in [0.1, 0.15) is 5.54 Å². The Hall–Kier alpha value is -4.27. The molecule has 2 aromatic carbocycles. The molecule has 2 fully saturated rings. The Kier molecular flexibility index (Phi) is 5.90. The molecule has 2 aliphatic rings. The molecular weight excluding hydrogens is 448 g/mol. The topological polar surface area (TPSA) is 118 Å². The molecule has 9 heteroatoms. The quantitative estimate of drug-likeness (QED) is 0.434. The number of imide groups is 1. The fourth-order valence-corrected chi connectivity index (χ4v) is 4.68. The molecule has 178 valence electrons. The number of carbonyl (C=O) groups is 4. The Bertz CT molecular complexity index is 1320. The Labute approximate surface area is 201 Å². The molecule has 4 amide bonds. The number of carbonyl (C=O) groups excluding carboxylic acids is 4. The van der Waals surface area contributed by atoms with Gasteiger partial charge in [0.15, 0.2) is 6.61 Å². The van der Waals surface area contributed by atoms with Crippen molar-refractivity contribution in [1.82, 2.24) is 20.7 Å². The fourth-order valence-electron chi connectivity index (χ4n) is 4.68. The van der Waals surface area contributed by atoms with Crippen LogP contribution in [0, 0.1) is 0 Å². The van der Waals surface area contributed by atoms with Gasteiger partial charge >= 0.3 is 12.0 Å².